The standard InChI is InChI=1S/C18H25N3O7S/c1-4-27-12(23)7-28-20-11-5-10(6-19-11)29-16-8(2)14-13(9(3)22)17(24)21(14)15(16)18(25)26/h8-10,13-14,22H,4-7H2,1-3H3,(H,19,20)(H,25,26). The van der Waals surface area contributed by atoms with E-state index >= 15 is 0 Å². The highest BCUT2D eigenvalue weighted by atomic mass is 32.2. The van der Waals surface area contributed by atoms with Crippen molar-refractivity contribution in [2.24, 2.45) is 16.8 Å². The number of β-lactam (4-membered cyclic amide) rings is 1. The Morgan fingerprint density at radius 1 is 1.45 bits per heavy atom. The number of carboxylic acids is 1. The average molecular weight is 427 g/mol. The van der Waals surface area contributed by atoms with Gasteiger partial charge in [0.15, 0.2) is 6.61 Å². The fourth-order valence-corrected chi connectivity index (χ4v) is 5.35. The first-order valence-corrected chi connectivity index (χ1v) is 10.4. The van der Waals surface area contributed by atoms with E-state index in [1.54, 1.807) is 13.8 Å². The summed E-state index contributed by atoms with van der Waals surface area (Å²) in [4.78, 5) is 46.8. The third-order valence-corrected chi connectivity index (χ3v) is 6.67. The summed E-state index contributed by atoms with van der Waals surface area (Å²) in [5, 5.41) is 19.6. The summed E-state index contributed by atoms with van der Waals surface area (Å²) >= 11 is 1.40. The third kappa shape index (κ3) is 4.12. The highest BCUT2D eigenvalue weighted by Crippen LogP contribution is 2.51. The number of nitrogens with one attached hydrogen (secondary N) is 1. The number of carbonyl (C=O) groups excluding carboxylic acids is 2. The highest BCUT2D eigenvalue weighted by Gasteiger charge is 2.60. The van der Waals surface area contributed by atoms with Crippen molar-refractivity contribution in [2.45, 2.75) is 44.6 Å². The van der Waals surface area contributed by atoms with E-state index in [1.807, 2.05) is 6.92 Å². The van der Waals surface area contributed by atoms with Crippen LogP contribution in [0.15, 0.2) is 15.6 Å². The molecule has 10 nitrogen and oxygen atoms in total. The van der Waals surface area contributed by atoms with E-state index in [4.69, 9.17) is 9.57 Å². The molecule has 5 atom stereocenters. The van der Waals surface area contributed by atoms with Crippen LogP contribution in [-0.2, 0) is 24.0 Å². The fourth-order valence-electron chi connectivity index (χ4n) is 3.95. The smallest absolute Gasteiger partial charge is 0.353 e. The molecule has 5 unspecified atom stereocenters. The quantitative estimate of drug-likeness (QED) is 0.280. The van der Waals surface area contributed by atoms with Crippen LogP contribution in [0.3, 0.4) is 0 Å². The zero-order valence-corrected chi connectivity index (χ0v) is 17.3. The number of carboxylic acid groups (broad SMARTS) is 1. The lowest BCUT2D eigenvalue weighted by molar-refractivity contribution is -0.163. The maximum Gasteiger partial charge on any atom is 0.353 e. The lowest BCUT2D eigenvalue weighted by Crippen LogP contribution is -2.63. The van der Waals surface area contributed by atoms with E-state index in [2.05, 4.69) is 10.5 Å². The molecule has 160 valence electrons. The third-order valence-electron chi connectivity index (χ3n) is 5.20. The molecule has 0 bridgehead atoms. The Bertz CT molecular complexity index is 767. The van der Waals surface area contributed by atoms with Crippen LogP contribution in [0, 0.1) is 11.8 Å². The number of aliphatic carboxylic acids is 1. The number of aliphatic imine (C=N–C) groups is 1. The number of hydrogen-bond acceptors (Lipinski definition) is 9. The largest absolute Gasteiger partial charge is 0.477 e. The number of amides is 1. The Morgan fingerprint density at radius 3 is 2.79 bits per heavy atom. The molecule has 1 saturated heterocycles. The van der Waals surface area contributed by atoms with Crippen molar-refractivity contribution in [3.05, 3.63) is 10.6 Å². The number of nitrogens with zero attached hydrogens (tertiary/aromatic N) is 2. The van der Waals surface area contributed by atoms with Crippen molar-refractivity contribution >= 4 is 35.4 Å². The molecule has 3 aliphatic rings. The fraction of sp³-hybridized carbons (Fsp3) is 0.667. The van der Waals surface area contributed by atoms with Gasteiger partial charge in [0.05, 0.1) is 31.2 Å². The molecule has 11 heteroatoms. The molecular weight excluding hydrogens is 402 g/mol. The first-order valence-electron chi connectivity index (χ1n) is 9.48. The molecular formula is C18H25N3O7S. The molecule has 0 aromatic rings. The second kappa shape index (κ2) is 8.72. The van der Waals surface area contributed by atoms with E-state index in [9.17, 15) is 24.6 Å². The van der Waals surface area contributed by atoms with Gasteiger partial charge in [-0.3, -0.25) is 20.1 Å². The van der Waals surface area contributed by atoms with Crippen LogP contribution in [-0.4, -0.2) is 75.9 Å². The molecule has 29 heavy (non-hydrogen) atoms. The SMILES string of the molecule is CCOC(=O)CONC1=NCC(SC2=C(C(=O)O)N3C(=O)C(C(C)O)C3C2C)C1. The number of thioether (sulfide) groups is 1. The molecule has 0 saturated carbocycles. The van der Waals surface area contributed by atoms with Crippen LogP contribution in [0.5, 0.6) is 0 Å². The maximum atomic E-state index is 12.4. The number of aliphatic hydroxyl groups excluding tert-OH is 1. The van der Waals surface area contributed by atoms with Gasteiger partial charge in [-0.25, -0.2) is 9.59 Å². The summed E-state index contributed by atoms with van der Waals surface area (Å²) in [6.45, 7) is 5.63. The Labute approximate surface area is 172 Å². The van der Waals surface area contributed by atoms with Gasteiger partial charge in [0.1, 0.15) is 11.5 Å². The Balaban J connectivity index is 1.60. The highest BCUT2D eigenvalue weighted by molar-refractivity contribution is 8.03. The van der Waals surface area contributed by atoms with Crippen molar-refractivity contribution in [1.29, 1.82) is 0 Å². The molecule has 0 spiro atoms. The van der Waals surface area contributed by atoms with Gasteiger partial charge in [-0.05, 0) is 13.8 Å². The predicted octanol–water partition coefficient (Wildman–Crippen LogP) is 0.128. The summed E-state index contributed by atoms with van der Waals surface area (Å²) in [5.74, 6) is -2.17. The molecule has 3 rings (SSSR count). The molecule has 3 N–H and O–H groups in total. The van der Waals surface area contributed by atoms with Gasteiger partial charge >= 0.3 is 11.9 Å². The van der Waals surface area contributed by atoms with E-state index in [0.717, 1.165) is 0 Å². The van der Waals surface area contributed by atoms with Crippen molar-refractivity contribution in [2.75, 3.05) is 19.8 Å². The number of fused-ring (bicyclic) bond motifs is 1. The van der Waals surface area contributed by atoms with Crippen LogP contribution in [0.25, 0.3) is 0 Å². The normalized spacial score (nSPS) is 29.3. The van der Waals surface area contributed by atoms with Crippen LogP contribution < -0.4 is 5.48 Å². The number of rotatable bonds is 8. The maximum absolute atomic E-state index is 12.4. The van der Waals surface area contributed by atoms with Crippen molar-refractivity contribution in [3.63, 3.8) is 0 Å². The summed E-state index contributed by atoms with van der Waals surface area (Å²) in [7, 11) is 0. The lowest BCUT2D eigenvalue weighted by atomic mass is 9.79. The first-order chi connectivity index (χ1) is 13.8. The molecule has 1 amide bonds. The number of aliphatic hydroxyl groups is 1. The number of hydroxylamine groups is 1. The molecule has 1 fully saturated rings. The minimum Gasteiger partial charge on any atom is -0.477 e. The predicted molar refractivity (Wildman–Crippen MR) is 104 cm³/mol. The number of ether oxygens (including phenoxy) is 1. The number of hydrogen-bond donors (Lipinski definition) is 3. The van der Waals surface area contributed by atoms with Gasteiger partial charge in [0.2, 0.25) is 5.91 Å². The van der Waals surface area contributed by atoms with Crippen LogP contribution >= 0.6 is 11.8 Å². The van der Waals surface area contributed by atoms with Gasteiger partial charge in [-0.2, -0.15) is 0 Å². The lowest BCUT2D eigenvalue weighted by Gasteiger charge is -2.46. The summed E-state index contributed by atoms with van der Waals surface area (Å²) in [6, 6.07) is -0.330. The van der Waals surface area contributed by atoms with E-state index in [0.29, 0.717) is 23.7 Å². The Hall–Kier alpha value is -2.11. The minimum atomic E-state index is -1.14. The van der Waals surface area contributed by atoms with Crippen LogP contribution in [0.4, 0.5) is 0 Å². The van der Waals surface area contributed by atoms with E-state index in [-0.39, 0.29) is 42.0 Å². The van der Waals surface area contributed by atoms with Gasteiger partial charge in [-0.1, -0.05) is 6.92 Å². The van der Waals surface area contributed by atoms with E-state index < -0.39 is 24.0 Å². The molecule has 0 aliphatic carbocycles. The van der Waals surface area contributed by atoms with E-state index in [1.165, 1.54) is 16.7 Å². The molecule has 3 aliphatic heterocycles. The molecule has 0 aromatic heterocycles. The Kier molecular flexibility index (Phi) is 6.49. The van der Waals surface area contributed by atoms with Crippen molar-refractivity contribution < 1.29 is 34.2 Å². The molecule has 0 radical (unpaired) electrons. The Morgan fingerprint density at radius 2 is 2.17 bits per heavy atom. The average Bonchev–Trinajstić information content (AvgIpc) is 3.17. The zero-order valence-electron chi connectivity index (χ0n) is 16.5. The van der Waals surface area contributed by atoms with Crippen molar-refractivity contribution in [3.8, 4) is 0 Å². The number of esters is 1. The first kappa shape index (κ1) is 21.6. The van der Waals surface area contributed by atoms with Crippen LogP contribution in [0.2, 0.25) is 0 Å². The van der Waals surface area contributed by atoms with Gasteiger partial charge in [0.25, 0.3) is 0 Å². The van der Waals surface area contributed by atoms with Crippen LogP contribution in [0.1, 0.15) is 27.2 Å². The topological polar surface area (TPSA) is 138 Å². The monoisotopic (exact) mass is 427 g/mol. The van der Waals surface area contributed by atoms with Gasteiger partial charge < -0.3 is 19.8 Å². The van der Waals surface area contributed by atoms with Crippen molar-refractivity contribution in [1.82, 2.24) is 10.4 Å². The zero-order chi connectivity index (χ0) is 21.3. The second-order valence-electron chi connectivity index (χ2n) is 7.20. The second-order valence-corrected chi connectivity index (χ2v) is 8.54. The minimum absolute atomic E-state index is 0.00868. The van der Waals surface area contributed by atoms with Gasteiger partial charge in [0, 0.05) is 22.5 Å². The number of amidine groups is 1. The molecule has 3 heterocycles. The summed E-state index contributed by atoms with van der Waals surface area (Å²) in [6.07, 6.45) is -0.317. The number of carbonyl (C=O) groups is 3. The summed E-state index contributed by atoms with van der Waals surface area (Å²) in [5.41, 5.74) is 2.64. The van der Waals surface area contributed by atoms with Gasteiger partial charge in [-0.15, -0.1) is 11.8 Å². The summed E-state index contributed by atoms with van der Waals surface area (Å²) < 4.78 is 4.76. The molecule has 0 aromatic carbocycles.